The van der Waals surface area contributed by atoms with Gasteiger partial charge >= 0.3 is 0 Å². The van der Waals surface area contributed by atoms with Gasteiger partial charge in [-0.3, -0.25) is 4.90 Å². The van der Waals surface area contributed by atoms with Gasteiger partial charge in [-0.2, -0.15) is 0 Å². The van der Waals surface area contributed by atoms with Crippen LogP contribution in [0.25, 0.3) is 0 Å². The summed E-state index contributed by atoms with van der Waals surface area (Å²) in [6, 6.07) is 12.8. The van der Waals surface area contributed by atoms with E-state index in [4.69, 9.17) is 4.74 Å². The Labute approximate surface area is 154 Å². The van der Waals surface area contributed by atoms with Gasteiger partial charge in [-0.05, 0) is 29.7 Å². The molecular formula is C21H27F2NO2. The Hall–Kier alpha value is -1.82. The zero-order valence-electron chi connectivity index (χ0n) is 15.4. The fourth-order valence-electron chi connectivity index (χ4n) is 2.69. The summed E-state index contributed by atoms with van der Waals surface area (Å²) in [6.45, 7) is 6.08. The highest BCUT2D eigenvalue weighted by atomic mass is 19.1. The zero-order chi connectivity index (χ0) is 18.9. The molecule has 3 nitrogen and oxygen atoms in total. The fraction of sp³-hybridized carbons (Fsp3) is 0.429. The molecule has 0 saturated carbocycles. The number of hydrogen-bond acceptors (Lipinski definition) is 3. The molecule has 1 N–H and O–H groups in total. The molecule has 5 heteroatoms. The molecule has 0 aliphatic rings. The van der Waals surface area contributed by atoms with Crippen molar-refractivity contribution in [2.24, 2.45) is 5.92 Å². The van der Waals surface area contributed by atoms with Crippen LogP contribution in [-0.2, 0) is 17.8 Å². The van der Waals surface area contributed by atoms with E-state index >= 15 is 0 Å². The zero-order valence-corrected chi connectivity index (χ0v) is 15.4. The lowest BCUT2D eigenvalue weighted by atomic mass is 10.1. The molecule has 1 atom stereocenters. The van der Waals surface area contributed by atoms with E-state index in [0.29, 0.717) is 37.7 Å². The van der Waals surface area contributed by atoms with E-state index in [0.717, 1.165) is 5.56 Å². The van der Waals surface area contributed by atoms with Crippen LogP contribution in [0.15, 0.2) is 48.5 Å². The first kappa shape index (κ1) is 20.5. The number of nitrogens with zero attached hydrogens (tertiary/aromatic N) is 1. The predicted molar refractivity (Wildman–Crippen MR) is 98.6 cm³/mol. The quantitative estimate of drug-likeness (QED) is 0.693. The van der Waals surface area contributed by atoms with Crippen molar-refractivity contribution in [3.8, 4) is 0 Å². The molecule has 0 saturated heterocycles. The SMILES string of the molecule is CC(C)COC[C@@H](O)CN(Cc1ccc(F)cc1)Cc1ccccc1F. The van der Waals surface area contributed by atoms with Gasteiger partial charge in [0.05, 0.1) is 12.7 Å². The molecule has 2 rings (SSSR count). The summed E-state index contributed by atoms with van der Waals surface area (Å²) in [5.74, 6) is -0.172. The van der Waals surface area contributed by atoms with Crippen molar-refractivity contribution in [1.82, 2.24) is 4.90 Å². The highest BCUT2D eigenvalue weighted by molar-refractivity contribution is 5.19. The van der Waals surface area contributed by atoms with Gasteiger partial charge in [0, 0.05) is 31.8 Å². The van der Waals surface area contributed by atoms with E-state index in [1.165, 1.54) is 18.2 Å². The van der Waals surface area contributed by atoms with Crippen molar-refractivity contribution in [2.45, 2.75) is 33.0 Å². The van der Waals surface area contributed by atoms with Crippen molar-refractivity contribution in [3.63, 3.8) is 0 Å². The molecule has 0 fully saturated rings. The molecule has 0 spiro atoms. The normalized spacial score (nSPS) is 12.7. The highest BCUT2D eigenvalue weighted by Crippen LogP contribution is 2.14. The van der Waals surface area contributed by atoms with E-state index in [-0.39, 0.29) is 18.2 Å². The van der Waals surface area contributed by atoms with Gasteiger partial charge in [-0.15, -0.1) is 0 Å². The molecule has 0 radical (unpaired) electrons. The van der Waals surface area contributed by atoms with E-state index in [1.807, 2.05) is 18.7 Å². The third-order valence-electron chi connectivity index (χ3n) is 3.90. The van der Waals surface area contributed by atoms with Crippen molar-refractivity contribution in [3.05, 3.63) is 71.3 Å². The lowest BCUT2D eigenvalue weighted by Gasteiger charge is -2.25. The minimum absolute atomic E-state index is 0.232. The van der Waals surface area contributed by atoms with Crippen molar-refractivity contribution >= 4 is 0 Å². The van der Waals surface area contributed by atoms with Crippen LogP contribution in [0, 0.1) is 17.6 Å². The second-order valence-electron chi connectivity index (χ2n) is 6.97. The number of benzene rings is 2. The minimum atomic E-state index is -0.680. The second kappa shape index (κ2) is 10.4. The summed E-state index contributed by atoms with van der Waals surface area (Å²) in [5.41, 5.74) is 1.46. The molecule has 0 aliphatic carbocycles. The molecule has 2 aromatic carbocycles. The molecule has 0 heterocycles. The summed E-state index contributed by atoms with van der Waals surface area (Å²) in [7, 11) is 0. The Kier molecular flexibility index (Phi) is 8.16. The Morgan fingerprint density at radius 2 is 1.65 bits per heavy atom. The van der Waals surface area contributed by atoms with Gasteiger partial charge in [0.2, 0.25) is 0 Å². The van der Waals surface area contributed by atoms with Crippen LogP contribution in [0.1, 0.15) is 25.0 Å². The van der Waals surface area contributed by atoms with Crippen molar-refractivity contribution in [2.75, 3.05) is 19.8 Å². The first-order chi connectivity index (χ1) is 12.4. The third kappa shape index (κ3) is 7.20. The van der Waals surface area contributed by atoms with E-state index < -0.39 is 6.10 Å². The Balaban J connectivity index is 2.02. The molecule has 0 bridgehead atoms. The molecule has 0 amide bonds. The van der Waals surface area contributed by atoms with Gasteiger partial charge in [-0.25, -0.2) is 8.78 Å². The maximum absolute atomic E-state index is 14.0. The van der Waals surface area contributed by atoms with Crippen molar-refractivity contribution < 1.29 is 18.6 Å². The summed E-state index contributed by atoms with van der Waals surface area (Å²) < 4.78 is 32.6. The number of halogens is 2. The highest BCUT2D eigenvalue weighted by Gasteiger charge is 2.15. The largest absolute Gasteiger partial charge is 0.389 e. The average molecular weight is 363 g/mol. The lowest BCUT2D eigenvalue weighted by Crippen LogP contribution is -2.34. The predicted octanol–water partition coefficient (Wildman–Crippen LogP) is 4.00. The maximum Gasteiger partial charge on any atom is 0.127 e. The first-order valence-electron chi connectivity index (χ1n) is 8.90. The van der Waals surface area contributed by atoms with Crippen molar-refractivity contribution in [1.29, 1.82) is 0 Å². The van der Waals surface area contributed by atoms with E-state index in [1.54, 1.807) is 30.3 Å². The average Bonchev–Trinajstić information content (AvgIpc) is 2.58. The Bertz CT molecular complexity index is 661. The van der Waals surface area contributed by atoms with Gasteiger partial charge < -0.3 is 9.84 Å². The Morgan fingerprint density at radius 3 is 2.31 bits per heavy atom. The van der Waals surface area contributed by atoms with Crippen LogP contribution in [0.3, 0.4) is 0 Å². The maximum atomic E-state index is 14.0. The lowest BCUT2D eigenvalue weighted by molar-refractivity contribution is 0.00539. The van der Waals surface area contributed by atoms with Gasteiger partial charge in [0.15, 0.2) is 0 Å². The Morgan fingerprint density at radius 1 is 0.962 bits per heavy atom. The fourth-order valence-corrected chi connectivity index (χ4v) is 2.69. The molecular weight excluding hydrogens is 336 g/mol. The number of aliphatic hydroxyl groups is 1. The van der Waals surface area contributed by atoms with Gasteiger partial charge in [0.1, 0.15) is 11.6 Å². The standard InChI is InChI=1S/C21H27F2NO2/c1-16(2)14-26-15-20(25)13-24(11-17-7-9-19(22)10-8-17)12-18-5-3-4-6-21(18)23/h3-10,16,20,25H,11-15H2,1-2H3/t20-/m0/s1. The summed E-state index contributed by atoms with van der Waals surface area (Å²) in [6.07, 6.45) is -0.680. The summed E-state index contributed by atoms with van der Waals surface area (Å²) in [4.78, 5) is 1.94. The van der Waals surface area contributed by atoms with Crippen LogP contribution >= 0.6 is 0 Å². The van der Waals surface area contributed by atoms with E-state index in [2.05, 4.69) is 0 Å². The second-order valence-corrected chi connectivity index (χ2v) is 6.97. The molecule has 0 aliphatic heterocycles. The van der Waals surface area contributed by atoms with E-state index in [9.17, 15) is 13.9 Å². The number of ether oxygens (including phenoxy) is 1. The number of rotatable bonds is 10. The summed E-state index contributed by atoms with van der Waals surface area (Å²) >= 11 is 0. The molecule has 2 aromatic rings. The summed E-state index contributed by atoms with van der Waals surface area (Å²) in [5, 5.41) is 10.3. The van der Waals surface area contributed by atoms with Crippen LogP contribution in [0.5, 0.6) is 0 Å². The molecule has 0 aromatic heterocycles. The molecule has 0 unspecified atom stereocenters. The molecule has 26 heavy (non-hydrogen) atoms. The first-order valence-corrected chi connectivity index (χ1v) is 8.90. The minimum Gasteiger partial charge on any atom is -0.389 e. The monoisotopic (exact) mass is 363 g/mol. The number of aliphatic hydroxyl groups excluding tert-OH is 1. The van der Waals surface area contributed by atoms with Crippen LogP contribution in [0.4, 0.5) is 8.78 Å². The number of hydrogen-bond donors (Lipinski definition) is 1. The van der Waals surface area contributed by atoms with Gasteiger partial charge in [-0.1, -0.05) is 44.2 Å². The third-order valence-corrected chi connectivity index (χ3v) is 3.90. The van der Waals surface area contributed by atoms with Crippen LogP contribution in [0.2, 0.25) is 0 Å². The van der Waals surface area contributed by atoms with Crippen LogP contribution < -0.4 is 0 Å². The smallest absolute Gasteiger partial charge is 0.127 e. The molecule has 142 valence electrons. The van der Waals surface area contributed by atoms with Crippen LogP contribution in [-0.4, -0.2) is 35.9 Å². The topological polar surface area (TPSA) is 32.7 Å². The van der Waals surface area contributed by atoms with Gasteiger partial charge in [0.25, 0.3) is 0 Å².